The van der Waals surface area contributed by atoms with Crippen LogP contribution < -0.4 is 16.6 Å². The van der Waals surface area contributed by atoms with Gasteiger partial charge >= 0.3 is 5.69 Å². The predicted octanol–water partition coefficient (Wildman–Crippen LogP) is 3.23. The van der Waals surface area contributed by atoms with E-state index >= 15 is 4.39 Å². The number of benzene rings is 1. The zero-order chi connectivity index (χ0) is 31.1. The van der Waals surface area contributed by atoms with Crippen LogP contribution in [0.1, 0.15) is 60.5 Å². The van der Waals surface area contributed by atoms with Crippen LogP contribution in [-0.2, 0) is 22.7 Å². The van der Waals surface area contributed by atoms with Gasteiger partial charge in [-0.05, 0) is 31.4 Å². The number of aromatic nitrogens is 3. The highest BCUT2D eigenvalue weighted by atomic mass is 19.3. The monoisotopic (exact) mass is 601 g/mol. The molecule has 3 heterocycles. The normalized spacial score (nSPS) is 20.5. The largest absolute Gasteiger partial charge is 0.342 e. The van der Waals surface area contributed by atoms with Gasteiger partial charge in [-0.3, -0.25) is 23.5 Å². The zero-order valence-electron chi connectivity index (χ0n) is 23.6. The molecule has 1 saturated carbocycles. The molecule has 2 fully saturated rings. The van der Waals surface area contributed by atoms with Gasteiger partial charge in [0.25, 0.3) is 5.56 Å². The average Bonchev–Trinajstić information content (AvgIpc) is 3.36. The highest BCUT2D eigenvalue weighted by Crippen LogP contribution is 2.48. The number of likely N-dealkylation sites (tertiary alicyclic amines) is 1. The number of aryl methyl sites for hydroxylation is 1. The molecule has 0 bridgehead atoms. The second-order valence-corrected chi connectivity index (χ2v) is 11.1. The van der Waals surface area contributed by atoms with Gasteiger partial charge < -0.3 is 10.2 Å². The lowest BCUT2D eigenvalue weighted by atomic mass is 9.77. The highest BCUT2D eigenvalue weighted by molar-refractivity contribution is 5.88. The number of carbonyl (C=O) groups excluding carboxylic acids is 2. The number of hydrogen-bond acceptors (Lipinski definition) is 5. The van der Waals surface area contributed by atoms with Gasteiger partial charge in [0.1, 0.15) is 18.8 Å². The minimum atomic E-state index is -2.83. The van der Waals surface area contributed by atoms with E-state index < -0.39 is 78.5 Å². The van der Waals surface area contributed by atoms with Crippen molar-refractivity contribution >= 4 is 11.8 Å². The molecule has 0 unspecified atom stereocenters. The van der Waals surface area contributed by atoms with Crippen molar-refractivity contribution in [2.75, 3.05) is 6.54 Å². The summed E-state index contributed by atoms with van der Waals surface area (Å²) in [5, 5.41) is 2.76. The van der Waals surface area contributed by atoms with Crippen LogP contribution in [0.4, 0.5) is 17.6 Å². The Bertz CT molecular complexity index is 1650. The summed E-state index contributed by atoms with van der Waals surface area (Å²) in [4.78, 5) is 56.9. The summed E-state index contributed by atoms with van der Waals surface area (Å²) in [6, 6.07) is 9.13. The molecule has 1 aliphatic heterocycles. The summed E-state index contributed by atoms with van der Waals surface area (Å²) in [6.45, 7) is 2.34. The first-order valence-electron chi connectivity index (χ1n) is 14.0. The second-order valence-electron chi connectivity index (χ2n) is 11.1. The van der Waals surface area contributed by atoms with Gasteiger partial charge in [0, 0.05) is 43.1 Å². The molecule has 0 radical (unpaired) electrons. The Labute approximate surface area is 244 Å². The second kappa shape index (κ2) is 11.8. The highest BCUT2D eigenvalue weighted by Gasteiger charge is 2.47. The third-order valence-corrected chi connectivity index (χ3v) is 8.05. The van der Waals surface area contributed by atoms with E-state index in [1.165, 1.54) is 25.3 Å². The van der Waals surface area contributed by atoms with Crippen molar-refractivity contribution in [3.05, 3.63) is 97.8 Å². The van der Waals surface area contributed by atoms with Gasteiger partial charge in [-0.15, -0.1) is 0 Å². The van der Waals surface area contributed by atoms with Crippen molar-refractivity contribution in [3.63, 3.8) is 0 Å². The van der Waals surface area contributed by atoms with Crippen LogP contribution in [0.5, 0.6) is 0 Å². The molecule has 43 heavy (non-hydrogen) atoms. The molecule has 2 aliphatic rings. The third-order valence-electron chi connectivity index (χ3n) is 8.05. The van der Waals surface area contributed by atoms with Gasteiger partial charge in [0.05, 0.1) is 18.3 Å². The van der Waals surface area contributed by atoms with E-state index in [-0.39, 0.29) is 36.3 Å². The number of nitrogens with one attached hydrogen (secondary N) is 1. The zero-order valence-corrected chi connectivity index (χ0v) is 23.6. The van der Waals surface area contributed by atoms with Crippen molar-refractivity contribution in [1.82, 2.24) is 24.3 Å². The molecule has 5 rings (SSSR count). The number of hydrogen-bond donors (Lipinski definition) is 1. The van der Waals surface area contributed by atoms with Crippen LogP contribution in [0.2, 0.25) is 0 Å². The molecule has 1 N–H and O–H groups in total. The van der Waals surface area contributed by atoms with Gasteiger partial charge in [0.15, 0.2) is 0 Å². The first-order valence-corrected chi connectivity index (χ1v) is 14.0. The molecule has 0 spiro atoms. The first kappa shape index (κ1) is 30.2. The molecule has 1 aromatic carbocycles. The minimum Gasteiger partial charge on any atom is -0.342 e. The Balaban J connectivity index is 1.39. The maximum absolute atomic E-state index is 15.0. The third kappa shape index (κ3) is 6.11. The lowest BCUT2D eigenvalue weighted by molar-refractivity contribution is -0.139. The fourth-order valence-corrected chi connectivity index (χ4v) is 5.75. The van der Waals surface area contributed by atoms with Crippen molar-refractivity contribution in [2.24, 2.45) is 0 Å². The van der Waals surface area contributed by atoms with E-state index in [4.69, 9.17) is 0 Å². The molecule has 13 heteroatoms. The smallest absolute Gasteiger partial charge is 0.331 e. The number of amides is 2. The van der Waals surface area contributed by atoms with Gasteiger partial charge in [-0.1, -0.05) is 36.4 Å². The maximum Gasteiger partial charge on any atom is 0.331 e. The molecule has 3 atom stereocenters. The molecule has 228 valence electrons. The van der Waals surface area contributed by atoms with Crippen LogP contribution in [0.15, 0.2) is 58.3 Å². The summed E-state index contributed by atoms with van der Waals surface area (Å²) in [7, 11) is 0. The first-order chi connectivity index (χ1) is 20.4. The molecule has 2 amide bonds. The number of alkyl halides is 3. The molecular formula is C30H31F4N5O4. The van der Waals surface area contributed by atoms with Gasteiger partial charge in [-0.2, -0.15) is 4.39 Å². The van der Waals surface area contributed by atoms with Gasteiger partial charge in [0.2, 0.25) is 23.7 Å². The maximum atomic E-state index is 15.0. The Morgan fingerprint density at radius 3 is 2.44 bits per heavy atom. The van der Waals surface area contributed by atoms with E-state index in [2.05, 4.69) is 10.3 Å². The topological polar surface area (TPSA) is 106 Å². The van der Waals surface area contributed by atoms with Crippen molar-refractivity contribution in [3.8, 4) is 0 Å². The van der Waals surface area contributed by atoms with Crippen LogP contribution in [0.25, 0.3) is 0 Å². The average molecular weight is 602 g/mol. The summed E-state index contributed by atoms with van der Waals surface area (Å²) >= 11 is 0. The Morgan fingerprint density at radius 1 is 1.12 bits per heavy atom. The molecule has 9 nitrogen and oxygen atoms in total. The molecule has 1 saturated heterocycles. The van der Waals surface area contributed by atoms with Crippen LogP contribution in [0.3, 0.4) is 0 Å². The number of halogens is 4. The molecular weight excluding hydrogens is 570 g/mol. The molecule has 3 aromatic rings. The molecule has 2 aromatic heterocycles. The summed E-state index contributed by atoms with van der Waals surface area (Å²) in [5.74, 6) is -5.81. The fraction of sp³-hybridized carbons (Fsp3) is 0.433. The fourth-order valence-electron chi connectivity index (χ4n) is 5.75. The Hall–Kier alpha value is -4.29. The number of pyridine rings is 1. The number of carbonyl (C=O) groups is 2. The van der Waals surface area contributed by atoms with E-state index in [1.807, 2.05) is 0 Å². The van der Waals surface area contributed by atoms with Crippen LogP contribution in [0, 0.1) is 12.9 Å². The van der Waals surface area contributed by atoms with Crippen molar-refractivity contribution < 1.29 is 27.2 Å². The van der Waals surface area contributed by atoms with Crippen LogP contribution >= 0.6 is 0 Å². The lowest BCUT2D eigenvalue weighted by Crippen LogP contribution is -2.49. The predicted molar refractivity (Wildman–Crippen MR) is 148 cm³/mol. The van der Waals surface area contributed by atoms with Crippen molar-refractivity contribution in [1.29, 1.82) is 0 Å². The van der Waals surface area contributed by atoms with Gasteiger partial charge in [-0.25, -0.2) is 22.9 Å². The summed E-state index contributed by atoms with van der Waals surface area (Å²) < 4.78 is 58.5. The number of rotatable bonds is 8. The van der Waals surface area contributed by atoms with E-state index in [1.54, 1.807) is 37.3 Å². The minimum absolute atomic E-state index is 0.0699. The van der Waals surface area contributed by atoms with E-state index in [0.717, 1.165) is 14.0 Å². The quantitative estimate of drug-likeness (QED) is 0.315. The lowest BCUT2D eigenvalue weighted by Gasteiger charge is -2.35. The summed E-state index contributed by atoms with van der Waals surface area (Å²) in [6.07, 6.45) is -1.48. The number of nitrogens with zero attached hydrogens (tertiary/aromatic N) is 4. The van der Waals surface area contributed by atoms with E-state index in [0.29, 0.717) is 5.56 Å². The summed E-state index contributed by atoms with van der Waals surface area (Å²) in [5.41, 5.74) is -0.231. The Kier molecular flexibility index (Phi) is 8.26. The SMILES string of the molecule is CCn1c(=O)c(C)cn(CC(=O)N2C[C@H](F)C[C@H]2C(=O)N[C@@H](c2ccccc2)c2ccc(C3CC(F)(F)C3)c(F)n2)c1=O. The standard InChI is InChI=1S/C30H31F4N5O4/c1-3-38-28(42)17(2)14-37(29(38)43)16-24(40)39-15-20(31)11-23(39)27(41)36-25(18-7-5-4-6-8-18)22-10-9-21(26(32)35-22)19-12-30(33,34)13-19/h4-10,14,19-20,23,25H,3,11-13,15-16H2,1-2H3,(H,36,41)/t20-,23+,25+/m1/s1. The van der Waals surface area contributed by atoms with Crippen molar-refractivity contribution in [2.45, 2.75) is 76.3 Å². The van der Waals surface area contributed by atoms with Crippen LogP contribution in [-0.4, -0.2) is 55.5 Å². The molecule has 1 aliphatic carbocycles. The van der Waals surface area contributed by atoms with E-state index in [9.17, 15) is 32.3 Å². The Morgan fingerprint density at radius 2 is 1.81 bits per heavy atom.